The Morgan fingerprint density at radius 1 is 0.452 bits per heavy atom. The van der Waals surface area contributed by atoms with Crippen LogP contribution in [0.1, 0.15) is 13.8 Å². The monoisotopic (exact) mass is 436 g/mol. The van der Waals surface area contributed by atoms with Crippen molar-refractivity contribution in [2.24, 2.45) is 0 Å². The van der Waals surface area contributed by atoms with Crippen LogP contribution in [0.5, 0.6) is 0 Å². The van der Waals surface area contributed by atoms with Gasteiger partial charge >= 0.3 is 0 Å². The minimum absolute atomic E-state index is 0.720. The molecule has 2 heteroatoms. The van der Waals surface area contributed by atoms with E-state index in [1.165, 1.54) is 31.8 Å². The fraction of sp³-hybridized carbons (Fsp3) is 0.0690. The van der Waals surface area contributed by atoms with Crippen molar-refractivity contribution in [2.75, 3.05) is 0 Å². The second-order valence-electron chi connectivity index (χ2n) is 7.46. The van der Waals surface area contributed by atoms with Crippen LogP contribution in [0.4, 0.5) is 0 Å². The lowest BCUT2D eigenvalue weighted by Crippen LogP contribution is -2.18. The molecule has 0 heterocycles. The van der Waals surface area contributed by atoms with Crippen LogP contribution in [0.15, 0.2) is 138 Å². The second kappa shape index (κ2) is 10.5. The Hall–Kier alpha value is -2.74. The standard InChI is InChI=1S/C29H26P2/c1-24(2)23-29(30(25-15-7-3-8-16-25)26-17-9-4-10-18-26)31(27-19-11-5-12-20-27)28-21-13-6-14-22-28/h3-22H,1-2H3. The Kier molecular flexibility index (Phi) is 7.30. The zero-order valence-corrected chi connectivity index (χ0v) is 19.7. The summed E-state index contributed by atoms with van der Waals surface area (Å²) in [5, 5.41) is 6.87. The van der Waals surface area contributed by atoms with E-state index in [1.54, 1.807) is 0 Å². The summed E-state index contributed by atoms with van der Waals surface area (Å²) in [6, 6.07) is 43.8. The summed E-state index contributed by atoms with van der Waals surface area (Å²) in [4.78, 5) is 0. The lowest BCUT2D eigenvalue weighted by Gasteiger charge is -2.28. The van der Waals surface area contributed by atoms with Crippen molar-refractivity contribution in [2.45, 2.75) is 13.8 Å². The van der Waals surface area contributed by atoms with Gasteiger partial charge in [0.15, 0.2) is 0 Å². The van der Waals surface area contributed by atoms with Crippen LogP contribution in [-0.4, -0.2) is 0 Å². The molecule has 0 N–H and O–H groups in total. The van der Waals surface area contributed by atoms with E-state index < -0.39 is 15.8 Å². The summed E-state index contributed by atoms with van der Waals surface area (Å²) in [7, 11) is -1.44. The highest BCUT2D eigenvalue weighted by molar-refractivity contribution is 7.94. The molecule has 4 aromatic rings. The average molecular weight is 436 g/mol. The molecule has 0 radical (unpaired) electrons. The van der Waals surface area contributed by atoms with Crippen LogP contribution in [0, 0.1) is 0 Å². The Labute approximate surface area is 188 Å². The second-order valence-corrected chi connectivity index (χ2v) is 12.1. The zero-order chi connectivity index (χ0) is 21.5. The molecule has 0 aliphatic heterocycles. The number of allylic oxidation sites excluding steroid dienone is 1. The molecule has 4 rings (SSSR count). The fourth-order valence-electron chi connectivity index (χ4n) is 3.53. The summed E-state index contributed by atoms with van der Waals surface area (Å²) in [5.74, 6) is 0. The van der Waals surface area contributed by atoms with Gasteiger partial charge in [-0.1, -0.05) is 121 Å². The Morgan fingerprint density at radius 3 is 0.935 bits per heavy atom. The topological polar surface area (TPSA) is 0 Å². The third-order valence-corrected chi connectivity index (χ3v) is 10.4. The quantitative estimate of drug-likeness (QED) is 0.234. The molecule has 0 saturated heterocycles. The smallest absolute Gasteiger partial charge is 0.0362 e. The van der Waals surface area contributed by atoms with Gasteiger partial charge in [-0.15, -0.1) is 5.73 Å². The number of benzene rings is 4. The van der Waals surface area contributed by atoms with Crippen molar-refractivity contribution in [1.29, 1.82) is 0 Å². The van der Waals surface area contributed by atoms with Gasteiger partial charge < -0.3 is 0 Å². The molecule has 0 bridgehead atoms. The number of rotatable bonds is 6. The van der Waals surface area contributed by atoms with Crippen molar-refractivity contribution in [3.05, 3.63) is 138 Å². The van der Waals surface area contributed by atoms with E-state index in [9.17, 15) is 0 Å². The van der Waals surface area contributed by atoms with Crippen LogP contribution >= 0.6 is 15.8 Å². The molecule has 0 amide bonds. The van der Waals surface area contributed by atoms with E-state index in [0.717, 1.165) is 0 Å². The van der Waals surface area contributed by atoms with Gasteiger partial charge in [-0.05, 0) is 56.5 Å². The number of hydrogen-bond acceptors (Lipinski definition) is 0. The lowest BCUT2D eigenvalue weighted by atomic mass is 10.4. The molecular formula is C29H26P2. The molecule has 0 aliphatic rings. The average Bonchev–Trinajstić information content (AvgIpc) is 2.82. The normalized spacial score (nSPS) is 10.7. The summed E-state index contributed by atoms with van der Waals surface area (Å²) >= 11 is 0. The first-order valence-corrected chi connectivity index (χ1v) is 13.2. The van der Waals surface area contributed by atoms with Gasteiger partial charge in [-0.2, -0.15) is 0 Å². The maximum atomic E-state index is 3.86. The molecule has 31 heavy (non-hydrogen) atoms. The molecule has 0 fully saturated rings. The third kappa shape index (κ3) is 5.31. The predicted molar refractivity (Wildman–Crippen MR) is 140 cm³/mol. The van der Waals surface area contributed by atoms with Gasteiger partial charge in [0.25, 0.3) is 0 Å². The van der Waals surface area contributed by atoms with Gasteiger partial charge in [0.1, 0.15) is 0 Å². The first-order valence-electron chi connectivity index (χ1n) is 10.5. The molecule has 0 atom stereocenters. The number of hydrogen-bond donors (Lipinski definition) is 0. The summed E-state index contributed by atoms with van der Waals surface area (Å²) in [6.45, 7) is 4.32. The van der Waals surface area contributed by atoms with Crippen molar-refractivity contribution >= 4 is 37.1 Å². The largest absolute Gasteiger partial charge is 0.112 e. The minimum Gasteiger partial charge on any atom is -0.112 e. The highest BCUT2D eigenvalue weighted by Gasteiger charge is 2.28. The molecule has 0 aliphatic carbocycles. The maximum absolute atomic E-state index is 3.86. The molecule has 0 unspecified atom stereocenters. The van der Waals surface area contributed by atoms with Crippen LogP contribution in [0.25, 0.3) is 0 Å². The third-order valence-electron chi connectivity index (χ3n) is 4.84. The van der Waals surface area contributed by atoms with Crippen LogP contribution in [0.2, 0.25) is 0 Å². The lowest BCUT2D eigenvalue weighted by molar-refractivity contribution is 1.41. The van der Waals surface area contributed by atoms with Gasteiger partial charge in [0, 0.05) is 5.06 Å². The molecule has 4 aromatic carbocycles. The van der Waals surface area contributed by atoms with Crippen LogP contribution in [-0.2, 0) is 0 Å². The molecule has 0 aromatic heterocycles. The van der Waals surface area contributed by atoms with Crippen molar-refractivity contribution in [3.8, 4) is 0 Å². The van der Waals surface area contributed by atoms with Crippen LogP contribution in [0.3, 0.4) is 0 Å². The zero-order valence-electron chi connectivity index (χ0n) is 17.9. The molecule has 152 valence electrons. The summed E-state index contributed by atoms with van der Waals surface area (Å²) in [5.41, 5.74) is 5.08. The Bertz CT molecular complexity index is 993. The van der Waals surface area contributed by atoms with Gasteiger partial charge in [0.2, 0.25) is 0 Å². The predicted octanol–water partition coefficient (Wildman–Crippen LogP) is 6.66. The van der Waals surface area contributed by atoms with E-state index in [4.69, 9.17) is 0 Å². The fourth-order valence-corrected chi connectivity index (χ4v) is 9.84. The highest BCUT2D eigenvalue weighted by Crippen LogP contribution is 2.59. The van der Waals surface area contributed by atoms with E-state index in [1.807, 2.05) is 0 Å². The first-order chi connectivity index (χ1) is 15.2. The van der Waals surface area contributed by atoms with E-state index >= 15 is 0 Å². The van der Waals surface area contributed by atoms with E-state index in [-0.39, 0.29) is 0 Å². The minimum atomic E-state index is -0.720. The molecule has 0 spiro atoms. The van der Waals surface area contributed by atoms with Crippen molar-refractivity contribution < 1.29 is 0 Å². The summed E-state index contributed by atoms with van der Waals surface area (Å²) < 4.78 is 0. The molecule has 0 nitrogen and oxygen atoms in total. The van der Waals surface area contributed by atoms with Crippen molar-refractivity contribution in [1.82, 2.24) is 0 Å². The molecule has 0 saturated carbocycles. The van der Waals surface area contributed by atoms with Crippen LogP contribution < -0.4 is 21.2 Å². The summed E-state index contributed by atoms with van der Waals surface area (Å²) in [6.07, 6.45) is 0. The van der Waals surface area contributed by atoms with E-state index in [2.05, 4.69) is 141 Å². The van der Waals surface area contributed by atoms with Gasteiger partial charge in [-0.25, -0.2) is 0 Å². The Morgan fingerprint density at radius 2 is 0.710 bits per heavy atom. The van der Waals surface area contributed by atoms with Gasteiger partial charge in [-0.3, -0.25) is 0 Å². The highest BCUT2D eigenvalue weighted by atomic mass is 31.2. The maximum Gasteiger partial charge on any atom is 0.0362 e. The molecular weight excluding hydrogens is 410 g/mol. The van der Waals surface area contributed by atoms with E-state index in [0.29, 0.717) is 0 Å². The Balaban J connectivity index is 2.01. The van der Waals surface area contributed by atoms with Crippen molar-refractivity contribution in [3.63, 3.8) is 0 Å². The first kappa shape index (κ1) is 21.5. The SMILES string of the molecule is CC(C)=C=C(P(c1ccccc1)c1ccccc1)P(c1ccccc1)c1ccccc1. The van der Waals surface area contributed by atoms with Gasteiger partial charge in [0.05, 0.1) is 0 Å².